The molecular weight excluding hydrogens is 434 g/mol. The molecule has 0 unspecified atom stereocenters. The van der Waals surface area contributed by atoms with E-state index in [9.17, 15) is 4.79 Å². The van der Waals surface area contributed by atoms with Crippen molar-refractivity contribution in [2.45, 2.75) is 6.92 Å². The zero-order valence-corrected chi connectivity index (χ0v) is 19.7. The van der Waals surface area contributed by atoms with Gasteiger partial charge >= 0.3 is 6.03 Å². The Morgan fingerprint density at radius 1 is 0.941 bits per heavy atom. The molecule has 1 aliphatic heterocycles. The number of benzene rings is 2. The number of aromatic nitrogens is 2. The number of nitrogens with one attached hydrogen (secondary N) is 1. The maximum atomic E-state index is 12.8. The van der Waals surface area contributed by atoms with E-state index in [4.69, 9.17) is 14.2 Å². The van der Waals surface area contributed by atoms with Crippen LogP contribution in [0.15, 0.2) is 54.6 Å². The fourth-order valence-corrected chi connectivity index (χ4v) is 3.84. The highest BCUT2D eigenvalue weighted by atomic mass is 16.5. The molecule has 1 N–H and O–H groups in total. The molecule has 1 saturated heterocycles. The summed E-state index contributed by atoms with van der Waals surface area (Å²) in [5.74, 6) is 2.86. The maximum absolute atomic E-state index is 12.8. The predicted octanol–water partition coefficient (Wildman–Crippen LogP) is 3.91. The molecule has 1 aliphatic rings. The van der Waals surface area contributed by atoms with Crippen LogP contribution in [0.5, 0.6) is 17.2 Å². The first kappa shape index (κ1) is 23.2. The summed E-state index contributed by atoms with van der Waals surface area (Å²) in [7, 11) is 3.25. The zero-order chi connectivity index (χ0) is 23.9. The normalized spacial score (nSPS) is 13.4. The lowest BCUT2D eigenvalue weighted by Gasteiger charge is -2.35. The average molecular weight is 464 g/mol. The largest absolute Gasteiger partial charge is 0.497 e. The molecular formula is C25H29N5O4. The Morgan fingerprint density at radius 2 is 1.74 bits per heavy atom. The first-order chi connectivity index (χ1) is 16.6. The monoisotopic (exact) mass is 463 g/mol. The topological polar surface area (TPSA) is 89.1 Å². The van der Waals surface area contributed by atoms with Crippen molar-refractivity contribution in [3.8, 4) is 28.5 Å². The van der Waals surface area contributed by atoms with Crippen LogP contribution >= 0.6 is 0 Å². The van der Waals surface area contributed by atoms with Gasteiger partial charge in [0.25, 0.3) is 0 Å². The number of piperazine rings is 1. The Balaban J connectivity index is 1.38. The van der Waals surface area contributed by atoms with E-state index in [0.29, 0.717) is 55.7 Å². The minimum atomic E-state index is -0.140. The summed E-state index contributed by atoms with van der Waals surface area (Å²) in [5, 5.41) is 11.8. The number of hydrogen-bond acceptors (Lipinski definition) is 7. The number of ether oxygens (including phenoxy) is 3. The Hall–Kier alpha value is -4.01. The second kappa shape index (κ2) is 10.7. The van der Waals surface area contributed by atoms with Crippen molar-refractivity contribution in [1.82, 2.24) is 15.1 Å². The van der Waals surface area contributed by atoms with Gasteiger partial charge in [0.15, 0.2) is 5.82 Å². The molecule has 9 heteroatoms. The Labute approximate surface area is 199 Å². The van der Waals surface area contributed by atoms with Gasteiger partial charge < -0.3 is 29.3 Å². The lowest BCUT2D eigenvalue weighted by molar-refractivity contribution is 0.208. The van der Waals surface area contributed by atoms with Crippen molar-refractivity contribution >= 4 is 17.5 Å². The highest BCUT2D eigenvalue weighted by Gasteiger charge is 2.23. The molecule has 0 aliphatic carbocycles. The number of para-hydroxylation sites is 2. The summed E-state index contributed by atoms with van der Waals surface area (Å²) in [4.78, 5) is 16.7. The molecule has 3 aromatic rings. The second-order valence-electron chi connectivity index (χ2n) is 7.68. The zero-order valence-electron chi connectivity index (χ0n) is 19.7. The van der Waals surface area contributed by atoms with Crippen molar-refractivity contribution in [2.75, 3.05) is 57.2 Å². The third kappa shape index (κ3) is 5.14. The highest BCUT2D eigenvalue weighted by molar-refractivity contribution is 5.91. The Bertz CT molecular complexity index is 1110. The molecule has 0 saturated carbocycles. The average Bonchev–Trinajstić information content (AvgIpc) is 2.89. The number of rotatable bonds is 7. The van der Waals surface area contributed by atoms with E-state index in [1.54, 1.807) is 19.1 Å². The minimum Gasteiger partial charge on any atom is -0.497 e. The quantitative estimate of drug-likeness (QED) is 0.568. The van der Waals surface area contributed by atoms with Gasteiger partial charge in [0, 0.05) is 31.7 Å². The SMILES string of the molecule is CCOc1ccccc1NC(=O)N1CCN(c2ccc(-c3cc(OC)ccc3OC)nn2)CC1. The smallest absolute Gasteiger partial charge is 0.322 e. The number of amides is 2. The lowest BCUT2D eigenvalue weighted by Crippen LogP contribution is -2.50. The van der Waals surface area contributed by atoms with E-state index < -0.39 is 0 Å². The molecule has 2 heterocycles. The fraction of sp³-hybridized carbons (Fsp3) is 0.320. The molecule has 2 aromatic carbocycles. The van der Waals surface area contributed by atoms with E-state index >= 15 is 0 Å². The number of methoxy groups -OCH3 is 2. The molecule has 1 aromatic heterocycles. The van der Waals surface area contributed by atoms with Gasteiger partial charge in [-0.25, -0.2) is 4.79 Å². The van der Waals surface area contributed by atoms with E-state index in [0.717, 1.165) is 17.1 Å². The number of urea groups is 1. The van der Waals surface area contributed by atoms with Crippen LogP contribution in [0.25, 0.3) is 11.3 Å². The Kier molecular flexibility index (Phi) is 7.31. The maximum Gasteiger partial charge on any atom is 0.322 e. The summed E-state index contributed by atoms with van der Waals surface area (Å²) in [6, 6.07) is 16.7. The molecule has 2 amide bonds. The molecule has 0 atom stereocenters. The predicted molar refractivity (Wildman–Crippen MR) is 131 cm³/mol. The van der Waals surface area contributed by atoms with E-state index in [-0.39, 0.29) is 6.03 Å². The number of hydrogen-bond donors (Lipinski definition) is 1. The van der Waals surface area contributed by atoms with E-state index in [1.165, 1.54) is 0 Å². The number of anilines is 2. The van der Waals surface area contributed by atoms with Gasteiger partial charge in [0.05, 0.1) is 32.2 Å². The van der Waals surface area contributed by atoms with Crippen LogP contribution in [0, 0.1) is 0 Å². The van der Waals surface area contributed by atoms with Crippen molar-refractivity contribution in [2.24, 2.45) is 0 Å². The van der Waals surface area contributed by atoms with Gasteiger partial charge in [-0.2, -0.15) is 0 Å². The summed E-state index contributed by atoms with van der Waals surface area (Å²) >= 11 is 0. The number of carbonyl (C=O) groups is 1. The molecule has 178 valence electrons. The highest BCUT2D eigenvalue weighted by Crippen LogP contribution is 2.32. The van der Waals surface area contributed by atoms with E-state index in [2.05, 4.69) is 20.4 Å². The number of nitrogens with zero attached hydrogens (tertiary/aromatic N) is 4. The standard InChI is InChI=1S/C25H29N5O4/c1-4-34-23-8-6-5-7-21(23)26-25(31)30-15-13-29(14-16-30)24-12-10-20(27-28-24)19-17-18(32-2)9-11-22(19)33-3/h5-12,17H,4,13-16H2,1-3H3,(H,26,31). The summed E-state index contributed by atoms with van der Waals surface area (Å²) in [5.41, 5.74) is 2.19. The molecule has 4 rings (SSSR count). The number of carbonyl (C=O) groups excluding carboxylic acids is 1. The first-order valence-electron chi connectivity index (χ1n) is 11.2. The minimum absolute atomic E-state index is 0.140. The van der Waals surface area contributed by atoms with Gasteiger partial charge in [-0.3, -0.25) is 0 Å². The van der Waals surface area contributed by atoms with Crippen molar-refractivity contribution in [1.29, 1.82) is 0 Å². The molecule has 0 spiro atoms. The Morgan fingerprint density at radius 3 is 2.41 bits per heavy atom. The van der Waals surface area contributed by atoms with Gasteiger partial charge in [0.1, 0.15) is 17.2 Å². The fourth-order valence-electron chi connectivity index (χ4n) is 3.84. The third-order valence-corrected chi connectivity index (χ3v) is 5.65. The van der Waals surface area contributed by atoms with Crippen LogP contribution in [-0.2, 0) is 0 Å². The molecule has 34 heavy (non-hydrogen) atoms. The summed E-state index contributed by atoms with van der Waals surface area (Å²) in [6.45, 7) is 4.94. The van der Waals surface area contributed by atoms with Gasteiger partial charge in [0.2, 0.25) is 0 Å². The van der Waals surface area contributed by atoms with Crippen LogP contribution in [0.3, 0.4) is 0 Å². The summed E-state index contributed by atoms with van der Waals surface area (Å²) < 4.78 is 16.4. The second-order valence-corrected chi connectivity index (χ2v) is 7.68. The van der Waals surface area contributed by atoms with Crippen LogP contribution in [0.1, 0.15) is 6.92 Å². The van der Waals surface area contributed by atoms with Crippen molar-refractivity contribution < 1.29 is 19.0 Å². The van der Waals surface area contributed by atoms with E-state index in [1.807, 2.05) is 61.5 Å². The van der Waals surface area contributed by atoms with Crippen LogP contribution in [-0.4, -0.2) is 68.1 Å². The van der Waals surface area contributed by atoms with Crippen molar-refractivity contribution in [3.05, 3.63) is 54.6 Å². The van der Waals surface area contributed by atoms with Gasteiger partial charge in [-0.1, -0.05) is 12.1 Å². The van der Waals surface area contributed by atoms with Crippen LogP contribution in [0.4, 0.5) is 16.3 Å². The first-order valence-corrected chi connectivity index (χ1v) is 11.2. The molecule has 0 radical (unpaired) electrons. The van der Waals surface area contributed by atoms with Crippen molar-refractivity contribution in [3.63, 3.8) is 0 Å². The lowest BCUT2D eigenvalue weighted by atomic mass is 10.1. The molecule has 9 nitrogen and oxygen atoms in total. The van der Waals surface area contributed by atoms with Crippen LogP contribution in [0.2, 0.25) is 0 Å². The summed E-state index contributed by atoms with van der Waals surface area (Å²) in [6.07, 6.45) is 0. The third-order valence-electron chi connectivity index (χ3n) is 5.65. The molecule has 1 fully saturated rings. The molecule has 0 bridgehead atoms. The van der Waals surface area contributed by atoms with Crippen LogP contribution < -0.4 is 24.4 Å². The van der Waals surface area contributed by atoms with Gasteiger partial charge in [-0.15, -0.1) is 10.2 Å². The van der Waals surface area contributed by atoms with Gasteiger partial charge in [-0.05, 0) is 49.4 Å².